The van der Waals surface area contributed by atoms with Crippen molar-refractivity contribution in [1.29, 1.82) is 0 Å². The van der Waals surface area contributed by atoms with E-state index in [-0.39, 0.29) is 30.1 Å². The van der Waals surface area contributed by atoms with Crippen LogP contribution in [0.2, 0.25) is 0 Å². The zero-order chi connectivity index (χ0) is 17.0. The largest absolute Gasteiger partial charge is 0.475 e. The molecule has 2 aromatic rings. The standard InChI is InChI=1S/C13H18N6O4/c1-4-17-6-5-10(15-17)9(2)14-12(20)8-18-7-11(19(21)22)13(16-18)23-3/h5-7,9H,4,8H2,1-3H3,(H,14,20). The highest BCUT2D eigenvalue weighted by molar-refractivity contribution is 5.76. The summed E-state index contributed by atoms with van der Waals surface area (Å²) in [6.07, 6.45) is 2.99. The van der Waals surface area contributed by atoms with Gasteiger partial charge < -0.3 is 10.1 Å². The summed E-state index contributed by atoms with van der Waals surface area (Å²) >= 11 is 0. The van der Waals surface area contributed by atoms with Crippen molar-refractivity contribution in [3.05, 3.63) is 34.3 Å². The van der Waals surface area contributed by atoms with Gasteiger partial charge in [-0.15, -0.1) is 5.10 Å². The van der Waals surface area contributed by atoms with Crippen LogP contribution in [0.1, 0.15) is 25.6 Å². The zero-order valence-corrected chi connectivity index (χ0v) is 13.1. The Bertz CT molecular complexity index is 707. The number of rotatable bonds is 7. The number of carbonyl (C=O) groups is 1. The molecule has 1 unspecified atom stereocenters. The molecule has 1 amide bonds. The molecule has 10 nitrogen and oxygen atoms in total. The number of nitrogens with one attached hydrogen (secondary N) is 1. The topological polar surface area (TPSA) is 117 Å². The van der Waals surface area contributed by atoms with Crippen molar-refractivity contribution in [2.45, 2.75) is 33.0 Å². The van der Waals surface area contributed by atoms with Gasteiger partial charge in [0.05, 0.1) is 23.8 Å². The molecule has 124 valence electrons. The highest BCUT2D eigenvalue weighted by atomic mass is 16.6. The Labute approximate surface area is 132 Å². The lowest BCUT2D eigenvalue weighted by Crippen LogP contribution is -2.30. The summed E-state index contributed by atoms with van der Waals surface area (Å²) in [5.74, 6) is -0.457. The highest BCUT2D eigenvalue weighted by Crippen LogP contribution is 2.23. The zero-order valence-electron chi connectivity index (χ0n) is 13.1. The third kappa shape index (κ3) is 3.84. The Balaban J connectivity index is 2.00. The molecule has 2 heterocycles. The number of methoxy groups -OCH3 is 1. The Hall–Kier alpha value is -2.91. The van der Waals surface area contributed by atoms with Crippen LogP contribution in [0.3, 0.4) is 0 Å². The second-order valence-electron chi connectivity index (χ2n) is 4.86. The molecule has 0 radical (unpaired) electrons. The van der Waals surface area contributed by atoms with Crippen molar-refractivity contribution in [3.8, 4) is 5.88 Å². The highest BCUT2D eigenvalue weighted by Gasteiger charge is 2.21. The van der Waals surface area contributed by atoms with Gasteiger partial charge in [-0.1, -0.05) is 0 Å². The van der Waals surface area contributed by atoms with Crippen LogP contribution in [0.25, 0.3) is 0 Å². The molecule has 2 aromatic heterocycles. The number of carbonyl (C=O) groups excluding carboxylic acids is 1. The average Bonchev–Trinajstić information content (AvgIpc) is 3.13. The van der Waals surface area contributed by atoms with Gasteiger partial charge in [0, 0.05) is 12.7 Å². The molecular formula is C13H18N6O4. The Kier molecular flexibility index (Phi) is 4.94. The normalized spacial score (nSPS) is 12.0. The third-order valence-corrected chi connectivity index (χ3v) is 3.21. The lowest BCUT2D eigenvalue weighted by Gasteiger charge is -2.11. The molecule has 0 spiro atoms. The number of aryl methyl sites for hydroxylation is 1. The van der Waals surface area contributed by atoms with Crippen molar-refractivity contribution >= 4 is 11.6 Å². The van der Waals surface area contributed by atoms with Crippen LogP contribution in [-0.4, -0.2) is 37.5 Å². The second-order valence-corrected chi connectivity index (χ2v) is 4.86. The summed E-state index contributed by atoms with van der Waals surface area (Å²) in [5.41, 5.74) is 0.458. The van der Waals surface area contributed by atoms with Crippen LogP contribution in [-0.2, 0) is 17.9 Å². The van der Waals surface area contributed by atoms with Gasteiger partial charge in [-0.25, -0.2) is 0 Å². The van der Waals surface area contributed by atoms with Crippen molar-refractivity contribution in [2.24, 2.45) is 0 Å². The number of hydrogen-bond donors (Lipinski definition) is 1. The van der Waals surface area contributed by atoms with E-state index in [9.17, 15) is 14.9 Å². The SMILES string of the molecule is CCn1ccc(C(C)NC(=O)Cn2cc([N+](=O)[O-])c(OC)n2)n1. The molecule has 2 rings (SSSR count). The molecule has 0 fully saturated rings. The van der Waals surface area contributed by atoms with E-state index in [2.05, 4.69) is 15.5 Å². The molecule has 0 aromatic carbocycles. The van der Waals surface area contributed by atoms with Gasteiger partial charge in [0.2, 0.25) is 5.91 Å². The van der Waals surface area contributed by atoms with E-state index >= 15 is 0 Å². The number of ether oxygens (including phenoxy) is 1. The first-order valence-corrected chi connectivity index (χ1v) is 7.03. The summed E-state index contributed by atoms with van der Waals surface area (Å²) < 4.78 is 7.75. The minimum absolute atomic E-state index is 0.127. The first-order chi connectivity index (χ1) is 10.9. The fourth-order valence-electron chi connectivity index (χ4n) is 2.04. The van der Waals surface area contributed by atoms with Crippen molar-refractivity contribution in [1.82, 2.24) is 24.9 Å². The molecule has 0 bridgehead atoms. The van der Waals surface area contributed by atoms with Gasteiger partial charge in [0.15, 0.2) is 0 Å². The Morgan fingerprint density at radius 3 is 2.74 bits per heavy atom. The maximum atomic E-state index is 12.0. The van der Waals surface area contributed by atoms with Crippen molar-refractivity contribution < 1.29 is 14.5 Å². The van der Waals surface area contributed by atoms with Crippen molar-refractivity contribution in [2.75, 3.05) is 7.11 Å². The number of nitrogens with zero attached hydrogens (tertiary/aromatic N) is 5. The van der Waals surface area contributed by atoms with Crippen LogP contribution < -0.4 is 10.1 Å². The van der Waals surface area contributed by atoms with Crippen LogP contribution in [0.5, 0.6) is 5.88 Å². The number of aromatic nitrogens is 4. The molecule has 0 aliphatic carbocycles. The van der Waals surface area contributed by atoms with E-state index < -0.39 is 4.92 Å². The quantitative estimate of drug-likeness (QED) is 0.597. The predicted octanol–water partition coefficient (Wildman–Crippen LogP) is 0.894. The van der Waals surface area contributed by atoms with E-state index in [1.165, 1.54) is 11.8 Å². The van der Waals surface area contributed by atoms with Gasteiger partial charge in [-0.2, -0.15) is 5.10 Å². The lowest BCUT2D eigenvalue weighted by atomic mass is 10.2. The fraction of sp³-hybridized carbons (Fsp3) is 0.462. The minimum Gasteiger partial charge on any atom is -0.475 e. The summed E-state index contributed by atoms with van der Waals surface area (Å²) in [7, 11) is 1.28. The Morgan fingerprint density at radius 2 is 2.22 bits per heavy atom. The van der Waals surface area contributed by atoms with Crippen LogP contribution in [0.15, 0.2) is 18.5 Å². The summed E-state index contributed by atoms with van der Waals surface area (Å²) in [5, 5.41) is 21.8. The lowest BCUT2D eigenvalue weighted by molar-refractivity contribution is -0.385. The van der Waals surface area contributed by atoms with E-state index in [1.807, 2.05) is 26.1 Å². The molecule has 23 heavy (non-hydrogen) atoms. The summed E-state index contributed by atoms with van der Waals surface area (Å²) in [6, 6.07) is 1.55. The molecule has 0 aliphatic rings. The van der Waals surface area contributed by atoms with E-state index in [0.29, 0.717) is 0 Å². The second kappa shape index (κ2) is 6.90. The molecule has 0 saturated carbocycles. The van der Waals surface area contributed by atoms with E-state index in [0.717, 1.165) is 18.4 Å². The fourth-order valence-corrected chi connectivity index (χ4v) is 2.04. The minimum atomic E-state index is -0.611. The predicted molar refractivity (Wildman–Crippen MR) is 79.9 cm³/mol. The summed E-state index contributed by atoms with van der Waals surface area (Å²) in [6.45, 7) is 4.38. The maximum absolute atomic E-state index is 12.0. The first kappa shape index (κ1) is 16.5. The van der Waals surface area contributed by atoms with Gasteiger partial charge in [-0.05, 0) is 19.9 Å². The third-order valence-electron chi connectivity index (χ3n) is 3.21. The smallest absolute Gasteiger partial charge is 0.350 e. The van der Waals surface area contributed by atoms with Crippen LogP contribution in [0.4, 0.5) is 5.69 Å². The molecular weight excluding hydrogens is 304 g/mol. The maximum Gasteiger partial charge on any atom is 0.350 e. The summed E-state index contributed by atoms with van der Waals surface area (Å²) in [4.78, 5) is 22.3. The Morgan fingerprint density at radius 1 is 1.48 bits per heavy atom. The number of amides is 1. The molecule has 0 saturated heterocycles. The average molecular weight is 322 g/mol. The van der Waals surface area contributed by atoms with Gasteiger partial charge in [0.25, 0.3) is 0 Å². The van der Waals surface area contributed by atoms with Crippen LogP contribution >= 0.6 is 0 Å². The van der Waals surface area contributed by atoms with E-state index in [1.54, 1.807) is 4.68 Å². The molecule has 10 heteroatoms. The van der Waals surface area contributed by atoms with Gasteiger partial charge in [-0.3, -0.25) is 24.3 Å². The number of hydrogen-bond acceptors (Lipinski definition) is 6. The van der Waals surface area contributed by atoms with Gasteiger partial charge >= 0.3 is 11.6 Å². The molecule has 1 N–H and O–H groups in total. The van der Waals surface area contributed by atoms with Gasteiger partial charge in [0.1, 0.15) is 12.7 Å². The molecule has 0 aliphatic heterocycles. The number of nitro groups is 1. The van der Waals surface area contributed by atoms with Crippen molar-refractivity contribution in [3.63, 3.8) is 0 Å². The first-order valence-electron chi connectivity index (χ1n) is 7.03. The monoisotopic (exact) mass is 322 g/mol. The van der Waals surface area contributed by atoms with E-state index in [4.69, 9.17) is 4.74 Å². The molecule has 1 atom stereocenters. The van der Waals surface area contributed by atoms with Crippen LogP contribution in [0, 0.1) is 10.1 Å².